The van der Waals surface area contributed by atoms with Crippen molar-refractivity contribution in [1.82, 2.24) is 4.98 Å². The summed E-state index contributed by atoms with van der Waals surface area (Å²) in [6.45, 7) is 0.627. The zero-order valence-electron chi connectivity index (χ0n) is 9.53. The van der Waals surface area contributed by atoms with Gasteiger partial charge in [0.15, 0.2) is 0 Å². The molecule has 0 atom stereocenters. The first-order valence-electron chi connectivity index (χ1n) is 5.05. The predicted octanol–water partition coefficient (Wildman–Crippen LogP) is 0.970. The minimum absolute atomic E-state index is 0.207. The van der Waals surface area contributed by atoms with Gasteiger partial charge in [-0.2, -0.15) is 0 Å². The summed E-state index contributed by atoms with van der Waals surface area (Å²) in [5.74, 6) is 0.207. The zero-order chi connectivity index (χ0) is 12.0. The van der Waals surface area contributed by atoms with E-state index in [0.29, 0.717) is 13.0 Å². The molecule has 0 aromatic carbocycles. The molecule has 5 nitrogen and oxygen atoms in total. The predicted molar refractivity (Wildman–Crippen MR) is 66.6 cm³/mol. The van der Waals surface area contributed by atoms with Gasteiger partial charge in [0, 0.05) is 19.8 Å². The second kappa shape index (κ2) is 5.69. The van der Waals surface area contributed by atoms with Crippen LogP contribution in [0.4, 0.5) is 11.4 Å². The Balaban J connectivity index is 2.37. The van der Waals surface area contributed by atoms with Gasteiger partial charge in [0.1, 0.15) is 9.84 Å². The Labute approximate surface area is 96.2 Å². The lowest BCUT2D eigenvalue weighted by Crippen LogP contribution is -2.09. The Hall–Kier alpha value is -1.30. The van der Waals surface area contributed by atoms with Gasteiger partial charge in [-0.3, -0.25) is 4.98 Å². The van der Waals surface area contributed by atoms with Crippen molar-refractivity contribution in [2.45, 2.75) is 6.42 Å². The van der Waals surface area contributed by atoms with Gasteiger partial charge in [0.25, 0.3) is 0 Å². The molecule has 0 aliphatic carbocycles. The van der Waals surface area contributed by atoms with Crippen LogP contribution in [-0.4, -0.2) is 39.0 Å². The molecule has 0 amide bonds. The smallest absolute Gasteiger partial charge is 0.147 e. The van der Waals surface area contributed by atoms with Gasteiger partial charge in [-0.25, -0.2) is 8.42 Å². The van der Waals surface area contributed by atoms with Crippen LogP contribution < -0.4 is 10.6 Å². The van der Waals surface area contributed by atoms with Gasteiger partial charge >= 0.3 is 0 Å². The summed E-state index contributed by atoms with van der Waals surface area (Å²) >= 11 is 0. The van der Waals surface area contributed by atoms with Crippen LogP contribution in [0.15, 0.2) is 18.5 Å². The Morgan fingerprint density at radius 3 is 2.62 bits per heavy atom. The summed E-state index contributed by atoms with van der Waals surface area (Å²) in [5.41, 5.74) is 1.81. The molecule has 0 aliphatic rings. The van der Waals surface area contributed by atoms with Crippen LogP contribution in [0.3, 0.4) is 0 Å². The van der Waals surface area contributed by atoms with E-state index in [9.17, 15) is 8.42 Å². The molecule has 0 fully saturated rings. The largest absolute Gasteiger partial charge is 0.387 e. The first-order chi connectivity index (χ1) is 7.51. The highest BCUT2D eigenvalue weighted by Crippen LogP contribution is 2.11. The van der Waals surface area contributed by atoms with Crippen LogP contribution in [0.5, 0.6) is 0 Å². The van der Waals surface area contributed by atoms with Gasteiger partial charge in [0.05, 0.1) is 29.5 Å². The van der Waals surface area contributed by atoms with E-state index >= 15 is 0 Å². The monoisotopic (exact) mass is 243 g/mol. The maximum absolute atomic E-state index is 10.9. The Morgan fingerprint density at radius 2 is 2.00 bits per heavy atom. The van der Waals surface area contributed by atoms with Crippen molar-refractivity contribution in [2.75, 3.05) is 36.2 Å². The quantitative estimate of drug-likeness (QED) is 0.728. The first kappa shape index (κ1) is 12.8. The standard InChI is InChI=1S/C10H17N3O2S/c1-11-9-6-10(8-12-7-9)13-4-3-5-16(2,14)15/h6-8,11,13H,3-5H2,1-2H3. The summed E-state index contributed by atoms with van der Waals surface area (Å²) in [7, 11) is -1.04. The maximum Gasteiger partial charge on any atom is 0.147 e. The lowest BCUT2D eigenvalue weighted by molar-refractivity contribution is 0.600. The van der Waals surface area contributed by atoms with Crippen LogP contribution in [-0.2, 0) is 9.84 Å². The fourth-order valence-electron chi connectivity index (χ4n) is 1.24. The fraction of sp³-hybridized carbons (Fsp3) is 0.500. The normalized spacial score (nSPS) is 11.1. The van der Waals surface area contributed by atoms with Crippen LogP contribution in [0.25, 0.3) is 0 Å². The van der Waals surface area contributed by atoms with Gasteiger partial charge in [0.2, 0.25) is 0 Å². The molecular weight excluding hydrogens is 226 g/mol. The number of nitrogens with one attached hydrogen (secondary N) is 2. The topological polar surface area (TPSA) is 71.1 Å². The molecule has 0 aliphatic heterocycles. The van der Waals surface area contributed by atoms with Crippen LogP contribution in [0.2, 0.25) is 0 Å². The van der Waals surface area contributed by atoms with Gasteiger partial charge < -0.3 is 10.6 Å². The van der Waals surface area contributed by atoms with E-state index in [-0.39, 0.29) is 5.75 Å². The highest BCUT2D eigenvalue weighted by Gasteiger charge is 2.01. The van der Waals surface area contributed by atoms with E-state index in [1.54, 1.807) is 12.4 Å². The number of nitrogens with zero attached hydrogens (tertiary/aromatic N) is 1. The van der Waals surface area contributed by atoms with E-state index in [2.05, 4.69) is 15.6 Å². The van der Waals surface area contributed by atoms with Crippen LogP contribution in [0.1, 0.15) is 6.42 Å². The molecule has 0 bridgehead atoms. The molecule has 1 aromatic heterocycles. The minimum atomic E-state index is -2.86. The van der Waals surface area contributed by atoms with Crippen molar-refractivity contribution in [2.24, 2.45) is 0 Å². The van der Waals surface area contributed by atoms with Crippen LogP contribution >= 0.6 is 0 Å². The van der Waals surface area contributed by atoms with E-state index in [0.717, 1.165) is 11.4 Å². The number of sulfone groups is 1. The van der Waals surface area contributed by atoms with E-state index in [1.807, 2.05) is 13.1 Å². The molecule has 0 unspecified atom stereocenters. The van der Waals surface area contributed by atoms with E-state index in [1.165, 1.54) is 6.26 Å². The summed E-state index contributed by atoms with van der Waals surface area (Å²) in [5, 5.41) is 6.11. The molecule has 2 N–H and O–H groups in total. The number of anilines is 2. The molecule has 1 rings (SSSR count). The SMILES string of the molecule is CNc1cncc(NCCCS(C)(=O)=O)c1. The van der Waals surface area contributed by atoms with Gasteiger partial charge in [-0.1, -0.05) is 0 Å². The lowest BCUT2D eigenvalue weighted by Gasteiger charge is -2.07. The summed E-state index contributed by atoms with van der Waals surface area (Å²) in [6, 6.07) is 1.92. The second-order valence-corrected chi connectivity index (χ2v) is 5.88. The van der Waals surface area contributed by atoms with Crippen molar-refractivity contribution in [3.63, 3.8) is 0 Å². The average Bonchev–Trinajstić information content (AvgIpc) is 2.23. The first-order valence-corrected chi connectivity index (χ1v) is 7.12. The van der Waals surface area contributed by atoms with Crippen molar-refractivity contribution >= 4 is 21.2 Å². The van der Waals surface area contributed by atoms with Crippen LogP contribution in [0, 0.1) is 0 Å². The zero-order valence-corrected chi connectivity index (χ0v) is 10.3. The molecule has 16 heavy (non-hydrogen) atoms. The van der Waals surface area contributed by atoms with Crippen molar-refractivity contribution in [3.8, 4) is 0 Å². The van der Waals surface area contributed by atoms with Crippen molar-refractivity contribution in [3.05, 3.63) is 18.5 Å². The van der Waals surface area contributed by atoms with Gasteiger partial charge in [-0.05, 0) is 12.5 Å². The number of aromatic nitrogens is 1. The Kier molecular flexibility index (Phi) is 4.54. The molecule has 0 saturated carbocycles. The molecular formula is C10H17N3O2S. The number of hydrogen-bond acceptors (Lipinski definition) is 5. The van der Waals surface area contributed by atoms with E-state index < -0.39 is 9.84 Å². The molecule has 0 saturated heterocycles. The molecule has 1 heterocycles. The second-order valence-electron chi connectivity index (χ2n) is 3.62. The fourth-order valence-corrected chi connectivity index (χ4v) is 1.91. The van der Waals surface area contributed by atoms with Gasteiger partial charge in [-0.15, -0.1) is 0 Å². The molecule has 90 valence electrons. The lowest BCUT2D eigenvalue weighted by atomic mass is 10.3. The molecule has 0 spiro atoms. The Morgan fingerprint density at radius 1 is 1.31 bits per heavy atom. The summed E-state index contributed by atoms with van der Waals surface area (Å²) < 4.78 is 21.8. The van der Waals surface area contributed by atoms with E-state index in [4.69, 9.17) is 0 Å². The average molecular weight is 243 g/mol. The summed E-state index contributed by atoms with van der Waals surface area (Å²) in [6.07, 6.45) is 5.28. The molecule has 6 heteroatoms. The number of hydrogen-bond donors (Lipinski definition) is 2. The third-order valence-electron chi connectivity index (χ3n) is 2.05. The van der Waals surface area contributed by atoms with Crippen molar-refractivity contribution in [1.29, 1.82) is 0 Å². The summed E-state index contributed by atoms with van der Waals surface area (Å²) in [4.78, 5) is 4.04. The number of pyridine rings is 1. The molecule has 0 radical (unpaired) electrons. The maximum atomic E-state index is 10.9. The third kappa shape index (κ3) is 4.97. The number of rotatable bonds is 6. The Bertz CT molecular complexity index is 431. The highest BCUT2D eigenvalue weighted by molar-refractivity contribution is 7.90. The molecule has 1 aromatic rings. The van der Waals surface area contributed by atoms with Crippen molar-refractivity contribution < 1.29 is 8.42 Å². The minimum Gasteiger partial charge on any atom is -0.387 e. The highest BCUT2D eigenvalue weighted by atomic mass is 32.2. The third-order valence-corrected chi connectivity index (χ3v) is 3.08.